The summed E-state index contributed by atoms with van der Waals surface area (Å²) in [4.78, 5) is 12.8. The summed E-state index contributed by atoms with van der Waals surface area (Å²) in [6, 6.07) is 28.8. The van der Waals surface area contributed by atoms with Gasteiger partial charge >= 0.3 is 0 Å². The van der Waals surface area contributed by atoms with Crippen LogP contribution in [0.2, 0.25) is 0 Å². The zero-order valence-electron chi connectivity index (χ0n) is 22.6. The minimum atomic E-state index is 0.366. The fourth-order valence-corrected chi connectivity index (χ4v) is 5.48. The fraction of sp³-hybridized carbons (Fsp3) is 0.171. The van der Waals surface area contributed by atoms with Crippen molar-refractivity contribution in [3.63, 3.8) is 0 Å². The Kier molecular flexibility index (Phi) is 6.21. The van der Waals surface area contributed by atoms with Gasteiger partial charge in [0, 0.05) is 22.5 Å². The fourth-order valence-electron chi connectivity index (χ4n) is 5.48. The highest BCUT2D eigenvalue weighted by Crippen LogP contribution is 2.41. The van der Waals surface area contributed by atoms with Gasteiger partial charge in [-0.15, -0.1) is 4.98 Å². The predicted octanol–water partition coefficient (Wildman–Crippen LogP) is 10.2. The molecule has 0 N–H and O–H groups in total. The molecule has 190 valence electrons. The highest BCUT2D eigenvalue weighted by Gasteiger charge is 2.20. The highest BCUT2D eigenvalue weighted by atomic mass is 16.3. The Morgan fingerprint density at radius 1 is 0.692 bits per heavy atom. The lowest BCUT2D eigenvalue weighted by Crippen LogP contribution is -2.00. The van der Waals surface area contributed by atoms with Gasteiger partial charge in [-0.1, -0.05) is 82.8 Å². The molecule has 4 nitrogen and oxygen atoms in total. The number of aromatic nitrogens is 2. The maximum absolute atomic E-state index is 7.36. The van der Waals surface area contributed by atoms with Gasteiger partial charge in [0.25, 0.3) is 5.82 Å². The minimum Gasteiger partial charge on any atom is -0.455 e. The molecule has 0 saturated heterocycles. The normalized spacial score (nSPS) is 11.5. The molecule has 0 fully saturated rings. The Balaban J connectivity index is 1.56. The number of pyridine rings is 2. The third-order valence-electron chi connectivity index (χ3n) is 7.35. The van der Waals surface area contributed by atoms with Gasteiger partial charge < -0.3 is 9.26 Å². The number of benzene rings is 3. The van der Waals surface area contributed by atoms with Crippen LogP contribution < -0.4 is 0 Å². The van der Waals surface area contributed by atoms with E-state index in [1.807, 2.05) is 30.5 Å². The van der Waals surface area contributed by atoms with Crippen molar-refractivity contribution in [3.8, 4) is 33.6 Å². The molecule has 0 amide bonds. The largest absolute Gasteiger partial charge is 0.455 e. The zero-order chi connectivity index (χ0) is 27.1. The van der Waals surface area contributed by atoms with Gasteiger partial charge in [0.2, 0.25) is 0 Å². The molecular weight excluding hydrogens is 478 g/mol. The van der Waals surface area contributed by atoms with E-state index in [9.17, 15) is 0 Å². The van der Waals surface area contributed by atoms with E-state index in [-0.39, 0.29) is 0 Å². The summed E-state index contributed by atoms with van der Waals surface area (Å²) < 4.78 is 6.61. The van der Waals surface area contributed by atoms with Gasteiger partial charge in [-0.3, -0.25) is 4.98 Å². The van der Waals surface area contributed by atoms with E-state index in [1.165, 1.54) is 22.3 Å². The molecule has 0 aliphatic carbocycles. The molecule has 6 aromatic rings. The third kappa shape index (κ3) is 4.27. The molecule has 0 aliphatic heterocycles. The first-order valence-electron chi connectivity index (χ1n) is 13.3. The maximum atomic E-state index is 7.36. The number of rotatable bonds is 5. The lowest BCUT2D eigenvalue weighted by atomic mass is 9.85. The third-order valence-corrected chi connectivity index (χ3v) is 7.35. The first-order valence-corrected chi connectivity index (χ1v) is 13.3. The Morgan fingerprint density at radius 2 is 1.28 bits per heavy atom. The summed E-state index contributed by atoms with van der Waals surface area (Å²) >= 11 is 0. The maximum Gasteiger partial charge on any atom is 0.270 e. The van der Waals surface area contributed by atoms with E-state index in [0.717, 1.165) is 44.5 Å². The van der Waals surface area contributed by atoms with Gasteiger partial charge in [0.05, 0.1) is 11.3 Å². The topological polar surface area (TPSA) is 43.3 Å². The van der Waals surface area contributed by atoms with Gasteiger partial charge in [-0.05, 0) is 70.5 Å². The quantitative estimate of drug-likeness (QED) is 0.218. The first-order chi connectivity index (χ1) is 19.0. The van der Waals surface area contributed by atoms with Crippen molar-refractivity contribution in [1.82, 2.24) is 9.97 Å². The Bertz CT molecular complexity index is 1860. The number of para-hydroxylation sites is 2. The van der Waals surface area contributed by atoms with Crippen LogP contribution in [0, 0.1) is 6.57 Å². The second kappa shape index (κ2) is 9.85. The molecule has 4 heteroatoms. The van der Waals surface area contributed by atoms with E-state index in [1.54, 1.807) is 6.07 Å². The molecule has 0 saturated carbocycles. The van der Waals surface area contributed by atoms with Crippen molar-refractivity contribution in [2.24, 2.45) is 0 Å². The number of hydrogen-bond donors (Lipinski definition) is 0. The summed E-state index contributed by atoms with van der Waals surface area (Å²) in [5, 5.41) is 2.05. The molecule has 0 radical (unpaired) electrons. The molecular formula is C35H29N3O. The molecule has 3 heterocycles. The molecule has 0 spiro atoms. The van der Waals surface area contributed by atoms with Crippen LogP contribution in [0.3, 0.4) is 0 Å². The average Bonchev–Trinajstić information content (AvgIpc) is 3.36. The molecule has 0 unspecified atom stereocenters. The molecule has 39 heavy (non-hydrogen) atoms. The second-order valence-corrected chi connectivity index (χ2v) is 10.5. The van der Waals surface area contributed by atoms with Crippen molar-refractivity contribution in [1.29, 1.82) is 0 Å². The molecule has 6 rings (SSSR count). The SMILES string of the molecule is [C-]#[N+]c1cccc(-c2cccc3c2oc2c(-c4cc(-c5c(C(C)C)cccc5C(C)C)ccn4)cccc23)n1. The minimum absolute atomic E-state index is 0.366. The van der Waals surface area contributed by atoms with Crippen LogP contribution in [0.25, 0.3) is 60.4 Å². The van der Waals surface area contributed by atoms with Crippen LogP contribution in [0.1, 0.15) is 50.7 Å². The summed E-state index contributed by atoms with van der Waals surface area (Å²) in [5.41, 5.74) is 10.1. The number of furan rings is 1. The lowest BCUT2D eigenvalue weighted by Gasteiger charge is -2.20. The summed E-state index contributed by atoms with van der Waals surface area (Å²) in [6.45, 7) is 16.4. The van der Waals surface area contributed by atoms with Crippen LogP contribution in [0.5, 0.6) is 0 Å². The van der Waals surface area contributed by atoms with Crippen molar-refractivity contribution < 1.29 is 4.42 Å². The van der Waals surface area contributed by atoms with E-state index in [4.69, 9.17) is 16.0 Å². The second-order valence-electron chi connectivity index (χ2n) is 10.5. The monoisotopic (exact) mass is 507 g/mol. The predicted molar refractivity (Wildman–Crippen MR) is 160 cm³/mol. The van der Waals surface area contributed by atoms with E-state index >= 15 is 0 Å². The van der Waals surface area contributed by atoms with Crippen LogP contribution in [-0.4, -0.2) is 9.97 Å². The number of fused-ring (bicyclic) bond motifs is 3. The first kappa shape index (κ1) is 24.6. The van der Waals surface area contributed by atoms with Gasteiger partial charge in [0.15, 0.2) is 5.69 Å². The highest BCUT2D eigenvalue weighted by molar-refractivity contribution is 6.12. The van der Waals surface area contributed by atoms with Gasteiger partial charge in [0.1, 0.15) is 11.2 Å². The zero-order valence-corrected chi connectivity index (χ0v) is 22.6. The summed E-state index contributed by atoms with van der Waals surface area (Å²) in [7, 11) is 0. The molecule has 0 atom stereocenters. The van der Waals surface area contributed by atoms with Crippen LogP contribution >= 0.6 is 0 Å². The van der Waals surface area contributed by atoms with Crippen LogP contribution in [-0.2, 0) is 0 Å². The molecule has 3 aromatic heterocycles. The number of hydrogen-bond acceptors (Lipinski definition) is 3. The van der Waals surface area contributed by atoms with E-state index < -0.39 is 0 Å². The van der Waals surface area contributed by atoms with Gasteiger partial charge in [-0.2, -0.15) is 0 Å². The average molecular weight is 508 g/mol. The Labute approximate surface area is 228 Å². The molecule has 0 bridgehead atoms. The van der Waals surface area contributed by atoms with E-state index in [2.05, 4.69) is 92.1 Å². The van der Waals surface area contributed by atoms with Crippen LogP contribution in [0.15, 0.2) is 95.5 Å². The van der Waals surface area contributed by atoms with Crippen molar-refractivity contribution in [3.05, 3.63) is 114 Å². The Morgan fingerprint density at radius 3 is 1.90 bits per heavy atom. The summed E-state index contributed by atoms with van der Waals surface area (Å²) in [6.07, 6.45) is 1.90. The molecule has 3 aromatic carbocycles. The number of nitrogens with zero attached hydrogens (tertiary/aromatic N) is 3. The van der Waals surface area contributed by atoms with Crippen molar-refractivity contribution >= 4 is 27.8 Å². The Hall–Kier alpha value is -4.75. The van der Waals surface area contributed by atoms with Gasteiger partial charge in [-0.25, -0.2) is 0 Å². The smallest absolute Gasteiger partial charge is 0.270 e. The van der Waals surface area contributed by atoms with Crippen molar-refractivity contribution in [2.45, 2.75) is 39.5 Å². The van der Waals surface area contributed by atoms with E-state index in [0.29, 0.717) is 17.7 Å². The lowest BCUT2D eigenvalue weighted by molar-refractivity contribution is 0.670. The molecule has 0 aliphatic rings. The van der Waals surface area contributed by atoms with Crippen LogP contribution in [0.4, 0.5) is 5.82 Å². The standard InChI is InChI=1S/C35H29N3O/c1-21(2)24-10-6-11-25(22(3)4)33(24)23-18-19-37-31(20-23)29-15-8-13-27-26-12-7-14-28(34(26)39-35(27)29)30-16-9-17-32(36-5)38-30/h6-22H,1-4H3. The summed E-state index contributed by atoms with van der Waals surface area (Å²) in [5.74, 6) is 1.18. The van der Waals surface area contributed by atoms with Crippen molar-refractivity contribution in [2.75, 3.05) is 0 Å².